The summed E-state index contributed by atoms with van der Waals surface area (Å²) in [6.45, 7) is 1.03. The molecule has 1 N–H and O–H groups in total. The number of thiophene rings is 1. The highest BCUT2D eigenvalue weighted by Crippen LogP contribution is 2.54. The lowest BCUT2D eigenvalue weighted by atomic mass is 9.94. The zero-order chi connectivity index (χ0) is 24.3. The van der Waals surface area contributed by atoms with Crippen LogP contribution < -0.4 is 5.32 Å². The lowest BCUT2D eigenvalue weighted by molar-refractivity contribution is -0.126. The van der Waals surface area contributed by atoms with Crippen molar-refractivity contribution in [3.05, 3.63) is 74.6 Å². The van der Waals surface area contributed by atoms with Crippen molar-refractivity contribution in [1.29, 1.82) is 0 Å². The van der Waals surface area contributed by atoms with Gasteiger partial charge in [0.15, 0.2) is 5.82 Å². The van der Waals surface area contributed by atoms with Crippen LogP contribution in [0, 0.1) is 5.82 Å². The van der Waals surface area contributed by atoms with E-state index in [1.165, 1.54) is 11.3 Å². The summed E-state index contributed by atoms with van der Waals surface area (Å²) < 4.78 is 22.0. The molecule has 5 heterocycles. The van der Waals surface area contributed by atoms with Gasteiger partial charge in [0.05, 0.1) is 45.9 Å². The van der Waals surface area contributed by atoms with Crippen molar-refractivity contribution in [3.8, 4) is 10.6 Å². The number of carbonyl (C=O) groups is 1. The lowest BCUT2D eigenvalue weighted by Gasteiger charge is -2.45. The highest BCUT2D eigenvalue weighted by molar-refractivity contribution is 7.17. The summed E-state index contributed by atoms with van der Waals surface area (Å²) in [5, 5.41) is 7.87. The molecule has 6 rings (SSSR count). The molecule has 12 heteroatoms. The van der Waals surface area contributed by atoms with Gasteiger partial charge in [0.2, 0.25) is 5.95 Å². The maximum atomic E-state index is 14.9. The number of nitrogens with one attached hydrogen (secondary N) is 1. The number of aryl methyl sites for hydroxylation is 1. The molecule has 35 heavy (non-hydrogen) atoms. The molecular formula is C23H17Cl2FN6O2S. The lowest BCUT2D eigenvalue weighted by Crippen LogP contribution is -2.56. The van der Waals surface area contributed by atoms with Crippen molar-refractivity contribution in [2.24, 2.45) is 7.05 Å². The molecule has 1 aromatic carbocycles. The largest absolute Gasteiger partial charge is 0.376 e. The summed E-state index contributed by atoms with van der Waals surface area (Å²) in [5.41, 5.74) is 0.645. The van der Waals surface area contributed by atoms with E-state index in [4.69, 9.17) is 27.9 Å². The van der Waals surface area contributed by atoms with Crippen molar-refractivity contribution in [2.75, 3.05) is 18.5 Å². The minimum absolute atomic E-state index is 0.0265. The van der Waals surface area contributed by atoms with E-state index in [9.17, 15) is 9.18 Å². The molecule has 0 unspecified atom stereocenters. The first kappa shape index (κ1) is 22.4. The smallest absolute Gasteiger partial charge is 0.257 e. The zero-order valence-corrected chi connectivity index (χ0v) is 20.6. The van der Waals surface area contributed by atoms with E-state index in [0.717, 1.165) is 16.6 Å². The topological polar surface area (TPSA) is 85.2 Å². The van der Waals surface area contributed by atoms with Crippen LogP contribution in [0.25, 0.3) is 10.6 Å². The van der Waals surface area contributed by atoms with Gasteiger partial charge in [-0.1, -0.05) is 35.3 Å². The van der Waals surface area contributed by atoms with E-state index in [1.54, 1.807) is 35.0 Å². The predicted molar refractivity (Wildman–Crippen MR) is 131 cm³/mol. The third-order valence-corrected chi connectivity index (χ3v) is 8.29. The minimum Gasteiger partial charge on any atom is -0.376 e. The first-order valence-corrected chi connectivity index (χ1v) is 12.2. The van der Waals surface area contributed by atoms with Crippen molar-refractivity contribution < 1.29 is 13.9 Å². The Hall–Kier alpha value is -3.05. The summed E-state index contributed by atoms with van der Waals surface area (Å²) >= 11 is 14.1. The van der Waals surface area contributed by atoms with Crippen LogP contribution in [-0.4, -0.2) is 43.8 Å². The van der Waals surface area contributed by atoms with Crippen molar-refractivity contribution in [3.63, 3.8) is 0 Å². The molecule has 8 nitrogen and oxygen atoms in total. The second-order valence-electron chi connectivity index (χ2n) is 8.35. The quantitative estimate of drug-likeness (QED) is 0.390. The van der Waals surface area contributed by atoms with Gasteiger partial charge in [-0.2, -0.15) is 5.10 Å². The third-order valence-electron chi connectivity index (χ3n) is 6.18. The van der Waals surface area contributed by atoms with Gasteiger partial charge in [0, 0.05) is 24.7 Å². The first-order valence-electron chi connectivity index (χ1n) is 10.6. The van der Waals surface area contributed by atoms with Crippen LogP contribution in [0.4, 0.5) is 16.2 Å². The summed E-state index contributed by atoms with van der Waals surface area (Å²) in [6, 6.07) is 9.12. The van der Waals surface area contributed by atoms with Crippen molar-refractivity contribution in [1.82, 2.24) is 24.6 Å². The Morgan fingerprint density at radius 1 is 1.29 bits per heavy atom. The fraction of sp³-hybridized carbons (Fsp3) is 0.217. The number of benzene rings is 1. The standard InChI is InChI=1S/C23H17Cl2FN6O2S/c1-31-15(5-6-28-31)29-22-27-8-14(26)18(30-22)19-17(25)16-20(35-19)23(10-34-11-23)32(21(16)33)9-12-3-2-4-13(24)7-12/h2-8H,9-11H2,1H3,(H,27,29,30). The average molecular weight is 531 g/mol. The van der Waals surface area contributed by atoms with Crippen LogP contribution in [0.1, 0.15) is 20.8 Å². The number of hydrogen-bond acceptors (Lipinski definition) is 7. The third kappa shape index (κ3) is 3.51. The van der Waals surface area contributed by atoms with E-state index in [-0.39, 0.29) is 22.6 Å². The van der Waals surface area contributed by atoms with Gasteiger partial charge in [-0.3, -0.25) is 9.48 Å². The minimum atomic E-state index is -0.652. The molecule has 0 bridgehead atoms. The number of carbonyl (C=O) groups excluding carboxylic acids is 1. The van der Waals surface area contributed by atoms with Gasteiger partial charge in [-0.25, -0.2) is 14.4 Å². The number of anilines is 2. The van der Waals surface area contributed by atoms with Gasteiger partial charge in [-0.15, -0.1) is 11.3 Å². The number of ether oxygens (including phenoxy) is 1. The Kier molecular flexibility index (Phi) is 5.29. The molecule has 1 saturated heterocycles. The number of rotatable bonds is 5. The Bertz CT molecular complexity index is 1480. The Morgan fingerprint density at radius 2 is 2.11 bits per heavy atom. The maximum absolute atomic E-state index is 14.9. The molecule has 0 saturated carbocycles. The molecule has 1 spiro atoms. The molecule has 0 radical (unpaired) electrons. The fourth-order valence-corrected chi connectivity index (χ4v) is 6.35. The average Bonchev–Trinajstić information content (AvgIpc) is 3.43. The van der Waals surface area contributed by atoms with Crippen molar-refractivity contribution >= 4 is 52.2 Å². The molecule has 0 atom stereocenters. The van der Waals surface area contributed by atoms with Gasteiger partial charge < -0.3 is 15.0 Å². The number of fused-ring (bicyclic) bond motifs is 2. The zero-order valence-electron chi connectivity index (χ0n) is 18.3. The van der Waals surface area contributed by atoms with Gasteiger partial charge in [0.25, 0.3) is 5.91 Å². The van der Waals surface area contributed by atoms with E-state index in [0.29, 0.717) is 41.0 Å². The Labute approximate surface area is 213 Å². The summed E-state index contributed by atoms with van der Waals surface area (Å²) in [7, 11) is 1.76. The van der Waals surface area contributed by atoms with Crippen LogP contribution in [0.15, 0.2) is 42.7 Å². The highest BCUT2D eigenvalue weighted by Gasteiger charge is 2.57. The summed E-state index contributed by atoms with van der Waals surface area (Å²) in [6.07, 6.45) is 2.70. The summed E-state index contributed by atoms with van der Waals surface area (Å²) in [4.78, 5) is 24.9. The second-order valence-corrected chi connectivity index (χ2v) is 10.2. The highest BCUT2D eigenvalue weighted by atomic mass is 35.5. The van der Waals surface area contributed by atoms with Crippen molar-refractivity contribution in [2.45, 2.75) is 12.1 Å². The molecular weight excluding hydrogens is 514 g/mol. The van der Waals surface area contributed by atoms with Gasteiger partial charge >= 0.3 is 0 Å². The van der Waals surface area contributed by atoms with E-state index < -0.39 is 11.4 Å². The number of hydrogen-bond donors (Lipinski definition) is 1. The first-order chi connectivity index (χ1) is 16.9. The molecule has 0 aliphatic carbocycles. The van der Waals surface area contributed by atoms with E-state index >= 15 is 0 Å². The van der Waals surface area contributed by atoms with Crippen LogP contribution in [0.3, 0.4) is 0 Å². The molecule has 178 valence electrons. The molecule has 1 fully saturated rings. The molecule has 4 aromatic rings. The maximum Gasteiger partial charge on any atom is 0.257 e. The number of nitrogens with zero attached hydrogens (tertiary/aromatic N) is 5. The van der Waals surface area contributed by atoms with Gasteiger partial charge in [-0.05, 0) is 17.7 Å². The Balaban J connectivity index is 1.38. The second kappa shape index (κ2) is 8.27. The summed E-state index contributed by atoms with van der Waals surface area (Å²) in [5.74, 6) is -0.0343. The van der Waals surface area contributed by atoms with Crippen LogP contribution >= 0.6 is 34.5 Å². The number of halogens is 3. The number of aromatic nitrogens is 4. The SMILES string of the molecule is Cn1nccc1Nc1ncc(F)c(-c2sc3c(c2Cl)C(=O)N(Cc2cccc(Cl)c2)C32COC2)n1. The number of amides is 1. The Morgan fingerprint density at radius 3 is 2.80 bits per heavy atom. The van der Waals surface area contributed by atoms with Crippen LogP contribution in [0.5, 0.6) is 0 Å². The van der Waals surface area contributed by atoms with Gasteiger partial charge in [0.1, 0.15) is 17.1 Å². The van der Waals surface area contributed by atoms with E-state index in [2.05, 4.69) is 20.4 Å². The van der Waals surface area contributed by atoms with Crippen LogP contribution in [-0.2, 0) is 23.9 Å². The molecule has 2 aliphatic rings. The molecule has 1 amide bonds. The van der Waals surface area contributed by atoms with E-state index in [1.807, 2.05) is 18.2 Å². The normalized spacial score (nSPS) is 16.0. The fourth-order valence-electron chi connectivity index (χ4n) is 4.36. The monoisotopic (exact) mass is 530 g/mol. The molecule has 3 aromatic heterocycles. The predicted octanol–water partition coefficient (Wildman–Crippen LogP) is 5.01. The van der Waals surface area contributed by atoms with Crippen LogP contribution in [0.2, 0.25) is 10.0 Å². The molecule has 2 aliphatic heterocycles.